The lowest BCUT2D eigenvalue weighted by Crippen LogP contribution is -2.16. The van der Waals surface area contributed by atoms with E-state index in [2.05, 4.69) is 5.32 Å². The van der Waals surface area contributed by atoms with Crippen molar-refractivity contribution in [1.82, 2.24) is 0 Å². The van der Waals surface area contributed by atoms with Crippen LogP contribution in [0.15, 0.2) is 23.6 Å². The van der Waals surface area contributed by atoms with Gasteiger partial charge < -0.3 is 14.8 Å². The smallest absolute Gasteiger partial charge is 0.348 e. The van der Waals surface area contributed by atoms with Gasteiger partial charge in [0.2, 0.25) is 5.91 Å². The van der Waals surface area contributed by atoms with Crippen molar-refractivity contribution in [3.8, 4) is 0 Å². The number of hydrogen-bond acceptors (Lipinski definition) is 7. The van der Waals surface area contributed by atoms with Crippen LogP contribution in [0.4, 0.5) is 5.00 Å². The summed E-state index contributed by atoms with van der Waals surface area (Å²) in [4.78, 5) is 38.4. The van der Waals surface area contributed by atoms with Gasteiger partial charge >= 0.3 is 11.9 Å². The van der Waals surface area contributed by atoms with Crippen LogP contribution in [0.2, 0.25) is 0 Å². The normalized spacial score (nSPS) is 11.2. The van der Waals surface area contributed by atoms with Gasteiger partial charge in [-0.15, -0.1) is 22.7 Å². The predicted octanol–water partition coefficient (Wildman–Crippen LogP) is 4.90. The summed E-state index contributed by atoms with van der Waals surface area (Å²) in [6, 6.07) is 3.77. The fourth-order valence-corrected chi connectivity index (χ4v) is 3.98. The van der Waals surface area contributed by atoms with Crippen molar-refractivity contribution in [3.63, 3.8) is 0 Å². The fraction of sp³-hybridized carbons (Fsp3) is 0.350. The van der Waals surface area contributed by atoms with Crippen molar-refractivity contribution >= 4 is 51.6 Å². The Morgan fingerprint density at radius 3 is 2.29 bits per heavy atom. The molecule has 2 aromatic rings. The maximum atomic E-state index is 12.5. The van der Waals surface area contributed by atoms with Gasteiger partial charge in [-0.05, 0) is 57.7 Å². The average molecular weight is 422 g/mol. The Hall–Kier alpha value is -2.45. The minimum Gasteiger partial charge on any atom is -0.459 e. The van der Waals surface area contributed by atoms with E-state index in [0.29, 0.717) is 5.56 Å². The van der Waals surface area contributed by atoms with Crippen LogP contribution in [-0.2, 0) is 14.3 Å². The monoisotopic (exact) mass is 421 g/mol. The molecule has 6 nitrogen and oxygen atoms in total. The van der Waals surface area contributed by atoms with Gasteiger partial charge in [0.25, 0.3) is 0 Å². The van der Waals surface area contributed by atoms with E-state index >= 15 is 0 Å². The first-order valence-electron chi connectivity index (χ1n) is 8.77. The molecule has 2 heterocycles. The first-order valence-corrected chi connectivity index (χ1v) is 10.5. The lowest BCUT2D eigenvalue weighted by atomic mass is 10.1. The molecular weight excluding hydrogens is 398 g/mol. The average Bonchev–Trinajstić information content (AvgIpc) is 3.19. The predicted molar refractivity (Wildman–Crippen MR) is 112 cm³/mol. The van der Waals surface area contributed by atoms with Gasteiger partial charge in [-0.2, -0.15) is 0 Å². The molecule has 1 amide bonds. The van der Waals surface area contributed by atoms with Gasteiger partial charge in [0.05, 0.1) is 17.8 Å². The van der Waals surface area contributed by atoms with E-state index in [1.165, 1.54) is 17.4 Å². The van der Waals surface area contributed by atoms with E-state index in [9.17, 15) is 14.4 Å². The summed E-state index contributed by atoms with van der Waals surface area (Å²) in [5.74, 6) is -1.53. The largest absolute Gasteiger partial charge is 0.459 e. The number of esters is 2. The van der Waals surface area contributed by atoms with Crippen LogP contribution in [-0.4, -0.2) is 30.1 Å². The van der Waals surface area contributed by atoms with Crippen LogP contribution >= 0.6 is 22.7 Å². The summed E-state index contributed by atoms with van der Waals surface area (Å²) >= 11 is 2.51. The molecule has 0 aromatic carbocycles. The summed E-state index contributed by atoms with van der Waals surface area (Å²) in [7, 11) is 0. The van der Waals surface area contributed by atoms with Crippen LogP contribution in [0.1, 0.15) is 58.2 Å². The molecule has 0 saturated carbocycles. The fourth-order valence-electron chi connectivity index (χ4n) is 2.28. The summed E-state index contributed by atoms with van der Waals surface area (Å²) in [5, 5.41) is 4.86. The number of amides is 1. The zero-order valence-electron chi connectivity index (χ0n) is 16.4. The number of carbonyl (C=O) groups excluding carboxylic acids is 3. The second-order valence-electron chi connectivity index (χ2n) is 6.51. The van der Waals surface area contributed by atoms with Gasteiger partial charge in [-0.1, -0.05) is 6.07 Å². The van der Waals surface area contributed by atoms with Crippen LogP contribution < -0.4 is 5.32 Å². The molecule has 0 aliphatic rings. The molecule has 2 rings (SSSR count). The van der Waals surface area contributed by atoms with Crippen LogP contribution in [0, 0.1) is 6.92 Å². The van der Waals surface area contributed by atoms with Gasteiger partial charge in [0, 0.05) is 11.0 Å². The molecule has 0 spiro atoms. The Labute approximate surface area is 172 Å². The topological polar surface area (TPSA) is 81.7 Å². The second kappa shape index (κ2) is 9.66. The highest BCUT2D eigenvalue weighted by molar-refractivity contribution is 7.18. The first kappa shape index (κ1) is 21.8. The third-order valence-electron chi connectivity index (χ3n) is 3.40. The summed E-state index contributed by atoms with van der Waals surface area (Å²) in [5.41, 5.74) is 0.603. The van der Waals surface area contributed by atoms with Crippen LogP contribution in [0.25, 0.3) is 6.08 Å². The number of rotatable bonds is 7. The molecular formula is C20H23NO5S2. The molecule has 2 aromatic heterocycles. The Morgan fingerprint density at radius 1 is 1.07 bits per heavy atom. The molecule has 28 heavy (non-hydrogen) atoms. The summed E-state index contributed by atoms with van der Waals surface area (Å²) in [6.45, 7) is 8.59. The zero-order valence-corrected chi connectivity index (χ0v) is 18.0. The molecule has 0 saturated heterocycles. The summed E-state index contributed by atoms with van der Waals surface area (Å²) < 4.78 is 10.5. The minimum atomic E-state index is -0.593. The number of nitrogens with one attached hydrogen (secondary N) is 1. The third-order valence-corrected chi connectivity index (χ3v) is 5.43. The minimum absolute atomic E-state index is 0.173. The Kier molecular flexibility index (Phi) is 7.53. The quantitative estimate of drug-likeness (QED) is 0.508. The number of hydrogen-bond donors (Lipinski definition) is 1. The van der Waals surface area contributed by atoms with Gasteiger partial charge in [0.1, 0.15) is 9.88 Å². The number of ether oxygens (including phenoxy) is 2. The van der Waals surface area contributed by atoms with Crippen LogP contribution in [0.3, 0.4) is 0 Å². The van der Waals surface area contributed by atoms with Crippen molar-refractivity contribution in [3.05, 3.63) is 44.5 Å². The van der Waals surface area contributed by atoms with E-state index < -0.39 is 17.8 Å². The molecule has 0 aliphatic carbocycles. The van der Waals surface area contributed by atoms with Crippen molar-refractivity contribution in [2.75, 3.05) is 5.32 Å². The zero-order chi connectivity index (χ0) is 20.8. The standard InChI is InChI=1S/C20H23NO5S2/c1-11(2)25-19(23)16-13(5)17(20(24)26-12(3)4)28-18(16)21-15(22)9-8-14-7-6-10-27-14/h6-12H,1-5H3,(H,21,22). The first-order chi connectivity index (χ1) is 13.2. The lowest BCUT2D eigenvalue weighted by molar-refractivity contribution is -0.111. The highest BCUT2D eigenvalue weighted by atomic mass is 32.1. The molecule has 0 unspecified atom stereocenters. The Bertz CT molecular complexity index is 879. The molecule has 150 valence electrons. The van der Waals surface area contributed by atoms with Crippen molar-refractivity contribution < 1.29 is 23.9 Å². The molecule has 8 heteroatoms. The van der Waals surface area contributed by atoms with Crippen LogP contribution in [0.5, 0.6) is 0 Å². The van der Waals surface area contributed by atoms with E-state index in [4.69, 9.17) is 9.47 Å². The third kappa shape index (κ3) is 5.77. The van der Waals surface area contributed by atoms with Crippen molar-refractivity contribution in [2.24, 2.45) is 0 Å². The Morgan fingerprint density at radius 2 is 1.71 bits per heavy atom. The number of thiophene rings is 2. The van der Waals surface area contributed by atoms with E-state index in [-0.39, 0.29) is 27.6 Å². The van der Waals surface area contributed by atoms with E-state index in [1.54, 1.807) is 40.7 Å². The number of anilines is 1. The summed E-state index contributed by atoms with van der Waals surface area (Å²) in [6.07, 6.45) is 2.43. The van der Waals surface area contributed by atoms with Gasteiger partial charge in [-0.25, -0.2) is 9.59 Å². The Balaban J connectivity index is 2.33. The molecule has 0 atom stereocenters. The van der Waals surface area contributed by atoms with Crippen molar-refractivity contribution in [2.45, 2.75) is 46.8 Å². The molecule has 0 radical (unpaired) electrons. The molecule has 0 bridgehead atoms. The van der Waals surface area contributed by atoms with Gasteiger partial charge in [-0.3, -0.25) is 4.79 Å². The van der Waals surface area contributed by atoms with Gasteiger partial charge in [0.15, 0.2) is 0 Å². The van der Waals surface area contributed by atoms with E-state index in [1.807, 2.05) is 17.5 Å². The maximum absolute atomic E-state index is 12.5. The van der Waals surface area contributed by atoms with Crippen molar-refractivity contribution in [1.29, 1.82) is 0 Å². The molecule has 0 aliphatic heterocycles. The lowest BCUT2D eigenvalue weighted by Gasteiger charge is -2.10. The SMILES string of the molecule is Cc1c(C(=O)OC(C)C)sc(NC(=O)C=Cc2cccs2)c1C(=O)OC(C)C. The maximum Gasteiger partial charge on any atom is 0.348 e. The molecule has 0 fully saturated rings. The second-order valence-corrected chi connectivity index (χ2v) is 8.51. The highest BCUT2D eigenvalue weighted by Crippen LogP contribution is 2.34. The molecule has 1 N–H and O–H groups in total. The number of carbonyl (C=O) groups is 3. The van der Waals surface area contributed by atoms with E-state index in [0.717, 1.165) is 16.2 Å². The highest BCUT2D eigenvalue weighted by Gasteiger charge is 2.28.